The zero-order valence-corrected chi connectivity index (χ0v) is 16.7. The van der Waals surface area contributed by atoms with E-state index in [0.29, 0.717) is 16.6 Å². The van der Waals surface area contributed by atoms with Crippen LogP contribution in [0.4, 0.5) is 5.69 Å². The Balaban J connectivity index is 2.15. The number of thiocarbonyl (C=S) groups is 1. The number of hydrogen-bond acceptors (Lipinski definition) is 3. The maximum atomic E-state index is 11.7. The van der Waals surface area contributed by atoms with Crippen molar-refractivity contribution in [1.82, 2.24) is 5.32 Å². The van der Waals surface area contributed by atoms with Gasteiger partial charge in [0.05, 0.1) is 18.7 Å². The Hall–Kier alpha value is -2.40. The van der Waals surface area contributed by atoms with Crippen LogP contribution in [-0.4, -0.2) is 18.2 Å². The molecule has 2 N–H and O–H groups in total. The fourth-order valence-electron chi connectivity index (χ4n) is 2.93. The smallest absolute Gasteiger partial charge is 0.337 e. The molecule has 0 spiro atoms. The highest BCUT2D eigenvalue weighted by atomic mass is 32.1. The molecule has 2 aromatic rings. The van der Waals surface area contributed by atoms with Crippen LogP contribution in [0.3, 0.4) is 0 Å². The summed E-state index contributed by atoms with van der Waals surface area (Å²) in [6.07, 6.45) is 0. The third kappa shape index (κ3) is 5.05. The van der Waals surface area contributed by atoms with Gasteiger partial charge in [-0.15, -0.1) is 0 Å². The predicted molar refractivity (Wildman–Crippen MR) is 111 cm³/mol. The Kier molecular flexibility index (Phi) is 6.75. The minimum atomic E-state index is -0.372. The molecule has 2 rings (SSSR count). The van der Waals surface area contributed by atoms with E-state index in [1.807, 2.05) is 6.07 Å². The number of rotatable bonds is 5. The van der Waals surface area contributed by atoms with Crippen LogP contribution < -0.4 is 10.6 Å². The van der Waals surface area contributed by atoms with Gasteiger partial charge in [0.15, 0.2) is 5.11 Å². The molecule has 0 aromatic heterocycles. The van der Waals surface area contributed by atoms with Crippen LogP contribution in [0.15, 0.2) is 42.5 Å². The van der Waals surface area contributed by atoms with Gasteiger partial charge in [0.1, 0.15) is 0 Å². The lowest BCUT2D eigenvalue weighted by Gasteiger charge is -2.26. The molecular weight excluding hydrogens is 344 g/mol. The number of hydrogen-bond donors (Lipinski definition) is 2. The van der Waals surface area contributed by atoms with Crippen molar-refractivity contribution in [3.8, 4) is 0 Å². The molecule has 0 fully saturated rings. The van der Waals surface area contributed by atoms with Crippen LogP contribution >= 0.6 is 12.2 Å². The molecule has 138 valence electrons. The van der Waals surface area contributed by atoms with Gasteiger partial charge in [-0.25, -0.2) is 4.79 Å². The summed E-state index contributed by atoms with van der Waals surface area (Å²) in [5.74, 6) is -0.0135. The van der Waals surface area contributed by atoms with Crippen molar-refractivity contribution >= 4 is 29.0 Å². The van der Waals surface area contributed by atoms with Gasteiger partial charge in [-0.3, -0.25) is 0 Å². The average molecular weight is 371 g/mol. The summed E-state index contributed by atoms with van der Waals surface area (Å²) in [6.45, 7) is 8.54. The van der Waals surface area contributed by atoms with Crippen molar-refractivity contribution in [3.63, 3.8) is 0 Å². The first kappa shape index (κ1) is 19.9. The molecule has 2 aromatic carbocycles. The molecule has 0 aliphatic rings. The maximum absolute atomic E-state index is 11.7. The minimum Gasteiger partial charge on any atom is -0.465 e. The molecule has 5 heteroatoms. The van der Waals surface area contributed by atoms with E-state index in [4.69, 9.17) is 17.0 Å². The molecule has 0 heterocycles. The van der Waals surface area contributed by atoms with Gasteiger partial charge < -0.3 is 15.4 Å². The van der Waals surface area contributed by atoms with Crippen molar-refractivity contribution in [2.75, 3.05) is 12.4 Å². The number of nitrogens with one attached hydrogen (secondary N) is 2. The maximum Gasteiger partial charge on any atom is 0.337 e. The molecule has 26 heavy (non-hydrogen) atoms. The topological polar surface area (TPSA) is 50.4 Å². The Morgan fingerprint density at radius 2 is 1.85 bits per heavy atom. The van der Waals surface area contributed by atoms with Gasteiger partial charge >= 0.3 is 5.97 Å². The van der Waals surface area contributed by atoms with E-state index in [1.165, 1.54) is 23.8 Å². The Morgan fingerprint density at radius 3 is 2.46 bits per heavy atom. The van der Waals surface area contributed by atoms with Crippen LogP contribution in [0.2, 0.25) is 0 Å². The summed E-state index contributed by atoms with van der Waals surface area (Å²) in [5.41, 5.74) is 4.95. The second-order valence-electron chi connectivity index (χ2n) is 6.75. The summed E-state index contributed by atoms with van der Waals surface area (Å²) >= 11 is 5.50. The lowest BCUT2D eigenvalue weighted by Crippen LogP contribution is -2.35. The number of ether oxygens (including phenoxy) is 1. The second-order valence-corrected chi connectivity index (χ2v) is 7.16. The lowest BCUT2D eigenvalue weighted by molar-refractivity contribution is 0.0601. The van der Waals surface area contributed by atoms with Gasteiger partial charge in [-0.05, 0) is 61.3 Å². The van der Waals surface area contributed by atoms with E-state index in [0.717, 1.165) is 5.69 Å². The van der Waals surface area contributed by atoms with Gasteiger partial charge in [-0.1, -0.05) is 43.7 Å². The average Bonchev–Trinajstić information content (AvgIpc) is 2.59. The molecule has 0 saturated heterocycles. The number of anilines is 1. The molecular formula is C21H26N2O2S. The minimum absolute atomic E-state index is 0.0967. The van der Waals surface area contributed by atoms with Crippen molar-refractivity contribution in [1.29, 1.82) is 0 Å². The van der Waals surface area contributed by atoms with Crippen molar-refractivity contribution in [3.05, 3.63) is 64.7 Å². The van der Waals surface area contributed by atoms with Gasteiger partial charge in [0, 0.05) is 5.69 Å². The normalized spacial score (nSPS) is 11.8. The molecule has 0 radical (unpaired) electrons. The van der Waals surface area contributed by atoms with Crippen LogP contribution in [0.1, 0.15) is 46.9 Å². The molecule has 0 bridgehead atoms. The number of esters is 1. The first-order valence-electron chi connectivity index (χ1n) is 8.65. The molecule has 0 saturated carbocycles. The van der Waals surface area contributed by atoms with E-state index in [-0.39, 0.29) is 12.0 Å². The van der Waals surface area contributed by atoms with Gasteiger partial charge in [0.2, 0.25) is 0 Å². The summed E-state index contributed by atoms with van der Waals surface area (Å²) in [7, 11) is 1.37. The van der Waals surface area contributed by atoms with E-state index in [1.54, 1.807) is 18.2 Å². The largest absolute Gasteiger partial charge is 0.465 e. The Labute approximate surface area is 161 Å². The van der Waals surface area contributed by atoms with Gasteiger partial charge in [0.25, 0.3) is 0 Å². The molecule has 0 aliphatic heterocycles. The van der Waals surface area contributed by atoms with Crippen molar-refractivity contribution in [2.45, 2.75) is 33.7 Å². The van der Waals surface area contributed by atoms with Crippen LogP contribution in [0.25, 0.3) is 0 Å². The molecule has 0 amide bonds. The highest BCUT2D eigenvalue weighted by Crippen LogP contribution is 2.25. The summed E-state index contributed by atoms with van der Waals surface area (Å²) in [5, 5.41) is 7.09. The van der Waals surface area contributed by atoms with E-state index in [9.17, 15) is 4.79 Å². The Morgan fingerprint density at radius 1 is 1.12 bits per heavy atom. The van der Waals surface area contributed by atoms with E-state index >= 15 is 0 Å². The number of carbonyl (C=O) groups excluding carboxylic acids is 1. The Bertz CT molecular complexity index is 802. The van der Waals surface area contributed by atoms with E-state index in [2.05, 4.69) is 56.5 Å². The predicted octanol–water partition coefficient (Wildman–Crippen LogP) is 4.77. The molecule has 1 atom stereocenters. The number of methoxy groups -OCH3 is 1. The number of aryl methyl sites for hydroxylation is 2. The summed E-state index contributed by atoms with van der Waals surface area (Å²) < 4.78 is 4.76. The van der Waals surface area contributed by atoms with Crippen molar-refractivity contribution in [2.24, 2.45) is 5.92 Å². The standard InChI is InChI=1S/C21H26N2O2S/c1-13(2)19(18-10-9-14(3)11-15(18)4)23-21(26)22-17-8-6-7-16(12-17)20(24)25-5/h6-13,19H,1-5H3,(H2,22,23,26)/t19-/m1/s1. The van der Waals surface area contributed by atoms with Crippen molar-refractivity contribution < 1.29 is 9.53 Å². The first-order valence-corrected chi connectivity index (χ1v) is 9.05. The zero-order valence-electron chi connectivity index (χ0n) is 15.9. The van der Waals surface area contributed by atoms with E-state index < -0.39 is 0 Å². The molecule has 4 nitrogen and oxygen atoms in total. The zero-order chi connectivity index (χ0) is 19.3. The molecule has 0 unspecified atom stereocenters. The third-order valence-electron chi connectivity index (χ3n) is 4.26. The lowest BCUT2D eigenvalue weighted by atomic mass is 9.92. The quantitative estimate of drug-likeness (QED) is 0.586. The monoisotopic (exact) mass is 370 g/mol. The van der Waals surface area contributed by atoms with Crippen LogP contribution in [-0.2, 0) is 4.74 Å². The third-order valence-corrected chi connectivity index (χ3v) is 4.48. The SMILES string of the molecule is COC(=O)c1cccc(NC(=S)N[C@@H](c2ccc(C)cc2C)C(C)C)c1. The fraction of sp³-hybridized carbons (Fsp3) is 0.333. The van der Waals surface area contributed by atoms with Crippen LogP contribution in [0.5, 0.6) is 0 Å². The summed E-state index contributed by atoms with van der Waals surface area (Å²) in [4.78, 5) is 11.7. The number of benzene rings is 2. The van der Waals surface area contributed by atoms with Crippen LogP contribution in [0, 0.1) is 19.8 Å². The van der Waals surface area contributed by atoms with Gasteiger partial charge in [-0.2, -0.15) is 0 Å². The highest BCUT2D eigenvalue weighted by Gasteiger charge is 2.19. The fourth-order valence-corrected chi connectivity index (χ4v) is 3.17. The first-order chi connectivity index (χ1) is 12.3. The summed E-state index contributed by atoms with van der Waals surface area (Å²) in [6, 6.07) is 13.6. The number of carbonyl (C=O) groups is 1. The molecule has 0 aliphatic carbocycles. The highest BCUT2D eigenvalue weighted by molar-refractivity contribution is 7.80. The second kappa shape index (κ2) is 8.81.